The van der Waals surface area contributed by atoms with E-state index in [1.807, 2.05) is 6.26 Å². The van der Waals surface area contributed by atoms with Crippen molar-refractivity contribution in [3.63, 3.8) is 0 Å². The molecule has 1 aromatic rings. The van der Waals surface area contributed by atoms with Crippen molar-refractivity contribution in [2.24, 2.45) is 0 Å². The second-order valence-electron chi connectivity index (χ2n) is 3.88. The molecule has 0 bridgehead atoms. The Kier molecular flexibility index (Phi) is 3.87. The third kappa shape index (κ3) is 2.40. The molecule has 2 atom stereocenters. The van der Waals surface area contributed by atoms with Gasteiger partial charge in [0.15, 0.2) is 4.38 Å². The van der Waals surface area contributed by atoms with E-state index in [0.29, 0.717) is 24.2 Å². The summed E-state index contributed by atoms with van der Waals surface area (Å²) >= 11 is 10.8. The SMILES string of the molecule is C[SH](C(O)=S)C1(c2nccc(Cl)n2)CCOC1. The van der Waals surface area contributed by atoms with E-state index in [0.717, 1.165) is 6.42 Å². The van der Waals surface area contributed by atoms with Crippen LogP contribution in [-0.4, -0.2) is 38.9 Å². The van der Waals surface area contributed by atoms with Crippen LogP contribution in [0.25, 0.3) is 0 Å². The fourth-order valence-corrected chi connectivity index (χ4v) is 4.04. The highest BCUT2D eigenvalue weighted by molar-refractivity contribution is 8.35. The number of rotatable bonds is 2. The number of halogens is 1. The molecule has 0 saturated carbocycles. The number of hydrogen-bond acceptors (Lipinski definition) is 4. The Labute approximate surface area is 113 Å². The first-order chi connectivity index (χ1) is 8.06. The summed E-state index contributed by atoms with van der Waals surface area (Å²) in [6.45, 7) is 1.11. The molecular weight excluding hydrogens is 280 g/mol. The van der Waals surface area contributed by atoms with Crippen LogP contribution >= 0.6 is 34.7 Å². The molecule has 2 unspecified atom stereocenters. The summed E-state index contributed by atoms with van der Waals surface area (Å²) in [5.41, 5.74) is 0. The Morgan fingerprint density at radius 1 is 1.71 bits per heavy atom. The number of nitrogens with zero attached hydrogens (tertiary/aromatic N) is 2. The van der Waals surface area contributed by atoms with E-state index in [4.69, 9.17) is 28.6 Å². The first-order valence-corrected chi connectivity index (χ1v) is 7.67. The van der Waals surface area contributed by atoms with Gasteiger partial charge in [-0.15, -0.1) is 0 Å². The lowest BCUT2D eigenvalue weighted by molar-refractivity contribution is 0.189. The number of ether oxygens (including phenoxy) is 1. The van der Waals surface area contributed by atoms with Gasteiger partial charge in [-0.05, 0) is 31.0 Å². The van der Waals surface area contributed by atoms with Gasteiger partial charge in [0.1, 0.15) is 11.0 Å². The van der Waals surface area contributed by atoms with E-state index in [1.165, 1.54) is 0 Å². The van der Waals surface area contributed by atoms with Crippen molar-refractivity contribution in [2.75, 3.05) is 19.5 Å². The van der Waals surface area contributed by atoms with Crippen LogP contribution < -0.4 is 0 Å². The predicted molar refractivity (Wildman–Crippen MR) is 74.3 cm³/mol. The van der Waals surface area contributed by atoms with Crippen LogP contribution in [0.4, 0.5) is 0 Å². The summed E-state index contributed by atoms with van der Waals surface area (Å²) in [5, 5.41) is 9.99. The van der Waals surface area contributed by atoms with Crippen LogP contribution in [0, 0.1) is 0 Å². The van der Waals surface area contributed by atoms with Crippen molar-refractivity contribution < 1.29 is 9.84 Å². The van der Waals surface area contributed by atoms with Gasteiger partial charge in [0.25, 0.3) is 0 Å². The molecule has 1 N–H and O–H groups in total. The molecule has 1 aromatic heterocycles. The molecule has 1 aliphatic heterocycles. The van der Waals surface area contributed by atoms with Gasteiger partial charge in [0, 0.05) is 12.8 Å². The van der Waals surface area contributed by atoms with Gasteiger partial charge in [-0.1, -0.05) is 11.6 Å². The zero-order chi connectivity index (χ0) is 12.5. The number of aromatic nitrogens is 2. The average molecular weight is 293 g/mol. The lowest BCUT2D eigenvalue weighted by atomic mass is 10.1. The number of hydrogen-bond donors (Lipinski definition) is 2. The van der Waals surface area contributed by atoms with Crippen LogP contribution in [0.1, 0.15) is 12.2 Å². The maximum atomic E-state index is 9.59. The Balaban J connectivity index is 2.44. The lowest BCUT2D eigenvalue weighted by Gasteiger charge is -2.33. The van der Waals surface area contributed by atoms with Gasteiger partial charge in [-0.2, -0.15) is 10.9 Å². The molecule has 0 aromatic carbocycles. The average Bonchev–Trinajstić information content (AvgIpc) is 2.78. The molecule has 1 fully saturated rings. The number of thiol groups is 1. The molecule has 2 rings (SSSR count). The predicted octanol–water partition coefficient (Wildman–Crippen LogP) is 2.22. The van der Waals surface area contributed by atoms with E-state index < -0.39 is 15.6 Å². The maximum Gasteiger partial charge on any atom is 0.197 e. The third-order valence-electron chi connectivity index (χ3n) is 2.97. The first kappa shape index (κ1) is 13.0. The highest BCUT2D eigenvalue weighted by Gasteiger charge is 2.44. The molecule has 17 heavy (non-hydrogen) atoms. The zero-order valence-corrected chi connectivity index (χ0v) is 11.7. The van der Waals surface area contributed by atoms with Crippen LogP contribution in [-0.2, 0) is 9.48 Å². The van der Waals surface area contributed by atoms with Crippen LogP contribution in [0.2, 0.25) is 5.15 Å². The van der Waals surface area contributed by atoms with E-state index in [-0.39, 0.29) is 4.38 Å². The van der Waals surface area contributed by atoms with E-state index in [9.17, 15) is 5.11 Å². The molecule has 0 radical (unpaired) electrons. The second kappa shape index (κ2) is 5.06. The molecule has 2 heterocycles. The number of thiocarbonyl (C=S) groups is 1. The Hall–Kier alpha value is -0.430. The number of aliphatic hydroxyl groups is 1. The quantitative estimate of drug-likeness (QED) is 0.497. The molecule has 4 nitrogen and oxygen atoms in total. The van der Waals surface area contributed by atoms with Crippen molar-refractivity contribution in [3.8, 4) is 0 Å². The Morgan fingerprint density at radius 2 is 2.47 bits per heavy atom. The molecule has 0 amide bonds. The van der Waals surface area contributed by atoms with Gasteiger partial charge in [-0.25, -0.2) is 9.97 Å². The van der Waals surface area contributed by atoms with Gasteiger partial charge < -0.3 is 9.84 Å². The lowest BCUT2D eigenvalue weighted by Crippen LogP contribution is -2.31. The van der Waals surface area contributed by atoms with Crippen molar-refractivity contribution in [3.05, 3.63) is 23.2 Å². The summed E-state index contributed by atoms with van der Waals surface area (Å²) in [4.78, 5) is 8.52. The topological polar surface area (TPSA) is 55.2 Å². The van der Waals surface area contributed by atoms with Gasteiger partial charge in [0.2, 0.25) is 0 Å². The summed E-state index contributed by atoms with van der Waals surface area (Å²) in [6, 6.07) is 1.63. The summed E-state index contributed by atoms with van der Waals surface area (Å²) < 4.78 is 5.07. The fraction of sp³-hybridized carbons (Fsp3) is 0.500. The van der Waals surface area contributed by atoms with Crippen LogP contribution in [0.15, 0.2) is 12.3 Å². The molecule has 0 aliphatic carbocycles. The van der Waals surface area contributed by atoms with Gasteiger partial charge in [0.05, 0.1) is 11.4 Å². The minimum absolute atomic E-state index is 0.0223. The summed E-state index contributed by atoms with van der Waals surface area (Å²) in [7, 11) is -0.935. The summed E-state index contributed by atoms with van der Waals surface area (Å²) in [6.07, 6.45) is 4.31. The van der Waals surface area contributed by atoms with Crippen molar-refractivity contribution in [1.82, 2.24) is 9.97 Å². The maximum absolute atomic E-state index is 9.59. The monoisotopic (exact) mass is 292 g/mol. The smallest absolute Gasteiger partial charge is 0.197 e. The standard InChI is InChI=1S/C10H13ClN2O2S2/c1-17(9(14)16)10(3-5-15-6-10)8-12-4-2-7(11)13-8/h2,4,17H,3,5-6H2,1H3,(H,14,16). The highest BCUT2D eigenvalue weighted by atomic mass is 35.5. The first-order valence-electron chi connectivity index (χ1n) is 5.10. The molecule has 0 spiro atoms. The Bertz CT molecular complexity index is 438. The second-order valence-corrected chi connectivity index (χ2v) is 7.35. The number of aliphatic hydroxyl groups excluding tert-OH is 1. The third-order valence-corrected chi connectivity index (χ3v) is 6.41. The summed E-state index contributed by atoms with van der Waals surface area (Å²) in [5.74, 6) is 0.618. The zero-order valence-electron chi connectivity index (χ0n) is 9.26. The molecule has 1 saturated heterocycles. The van der Waals surface area contributed by atoms with Crippen LogP contribution in [0.5, 0.6) is 0 Å². The highest BCUT2D eigenvalue weighted by Crippen LogP contribution is 2.51. The molecular formula is C10H13ClN2O2S2. The van der Waals surface area contributed by atoms with E-state index in [2.05, 4.69) is 9.97 Å². The van der Waals surface area contributed by atoms with Gasteiger partial charge in [-0.3, -0.25) is 0 Å². The van der Waals surface area contributed by atoms with E-state index in [1.54, 1.807) is 12.3 Å². The van der Waals surface area contributed by atoms with Crippen molar-refractivity contribution >= 4 is 39.1 Å². The minimum atomic E-state index is -0.935. The van der Waals surface area contributed by atoms with E-state index >= 15 is 0 Å². The molecule has 1 aliphatic rings. The fourth-order valence-electron chi connectivity index (χ4n) is 1.89. The van der Waals surface area contributed by atoms with Crippen molar-refractivity contribution in [2.45, 2.75) is 11.2 Å². The van der Waals surface area contributed by atoms with Gasteiger partial charge >= 0.3 is 0 Å². The van der Waals surface area contributed by atoms with Crippen molar-refractivity contribution in [1.29, 1.82) is 0 Å². The molecule has 7 heteroatoms. The minimum Gasteiger partial charge on any atom is -0.495 e. The normalized spacial score (nSPS) is 26.8. The largest absolute Gasteiger partial charge is 0.495 e. The van der Waals surface area contributed by atoms with Crippen LogP contribution in [0.3, 0.4) is 0 Å². The Morgan fingerprint density at radius 3 is 3.00 bits per heavy atom. The molecule has 94 valence electrons.